The second-order valence-corrected chi connectivity index (χ2v) is 6.72. The van der Waals surface area contributed by atoms with Crippen LogP contribution in [0.3, 0.4) is 0 Å². The molecule has 0 bridgehead atoms. The molecule has 1 aromatic heterocycles. The number of aromatic nitrogens is 2. The van der Waals surface area contributed by atoms with Crippen LogP contribution in [-0.4, -0.2) is 20.8 Å². The normalized spacial score (nSPS) is 10.3. The van der Waals surface area contributed by atoms with Gasteiger partial charge in [-0.25, -0.2) is 9.97 Å². The first kappa shape index (κ1) is 20.3. The van der Waals surface area contributed by atoms with Gasteiger partial charge in [0.05, 0.1) is 4.92 Å². The van der Waals surface area contributed by atoms with E-state index in [2.05, 4.69) is 26.1 Å². The molecule has 1 amide bonds. The average molecular weight is 433 g/mol. The standard InChI is InChI=1S/C18H14Cl2N6O3/c1-10-5-6-13(20)8-14(10)23-16-15(26(28)29)17(22-9-21-16)24-25-18(27)11-3-2-4-12(19)7-11/h2-9H,1H3,(H,25,27)(H2,21,22,23,24). The summed E-state index contributed by atoms with van der Waals surface area (Å²) in [6, 6.07) is 11.3. The molecule has 0 aliphatic heterocycles. The molecule has 0 radical (unpaired) electrons. The van der Waals surface area contributed by atoms with E-state index in [9.17, 15) is 14.9 Å². The quantitative estimate of drug-likeness (QED) is 0.386. The lowest BCUT2D eigenvalue weighted by atomic mass is 10.2. The SMILES string of the molecule is Cc1ccc(Cl)cc1Nc1ncnc(NNC(=O)c2cccc(Cl)c2)c1[N+](=O)[O-]. The zero-order valence-corrected chi connectivity index (χ0v) is 16.5. The summed E-state index contributed by atoms with van der Waals surface area (Å²) in [6.07, 6.45) is 1.13. The summed E-state index contributed by atoms with van der Waals surface area (Å²) in [6.45, 7) is 1.82. The minimum absolute atomic E-state index is 0.0603. The molecule has 9 nitrogen and oxygen atoms in total. The number of anilines is 3. The Kier molecular flexibility index (Phi) is 6.10. The molecule has 148 valence electrons. The summed E-state index contributed by atoms with van der Waals surface area (Å²) in [7, 11) is 0. The van der Waals surface area contributed by atoms with Gasteiger partial charge in [-0.2, -0.15) is 0 Å². The molecule has 11 heteroatoms. The molecule has 3 rings (SSSR count). The van der Waals surface area contributed by atoms with E-state index in [1.54, 1.807) is 36.4 Å². The number of amides is 1. The van der Waals surface area contributed by atoms with Crippen LogP contribution in [0.25, 0.3) is 0 Å². The maximum absolute atomic E-state index is 12.2. The van der Waals surface area contributed by atoms with E-state index in [4.69, 9.17) is 23.2 Å². The molecule has 1 heterocycles. The maximum atomic E-state index is 12.2. The van der Waals surface area contributed by atoms with Crippen LogP contribution in [0.15, 0.2) is 48.8 Å². The molecular formula is C18H14Cl2N6O3. The van der Waals surface area contributed by atoms with Gasteiger partial charge >= 0.3 is 5.69 Å². The van der Waals surface area contributed by atoms with E-state index in [1.165, 1.54) is 6.07 Å². The molecule has 2 aromatic carbocycles. The predicted octanol–water partition coefficient (Wildman–Crippen LogP) is 4.50. The number of hydrogen-bond acceptors (Lipinski definition) is 7. The molecule has 29 heavy (non-hydrogen) atoms. The molecule has 3 aromatic rings. The maximum Gasteiger partial charge on any atom is 0.355 e. The number of rotatable bonds is 6. The van der Waals surface area contributed by atoms with Crippen LogP contribution in [0.2, 0.25) is 10.0 Å². The Labute approximate surface area is 175 Å². The summed E-state index contributed by atoms with van der Waals surface area (Å²) in [5, 5.41) is 15.4. The molecule has 0 saturated carbocycles. The van der Waals surface area contributed by atoms with Crippen molar-refractivity contribution in [1.82, 2.24) is 15.4 Å². The van der Waals surface area contributed by atoms with Crippen molar-refractivity contribution >= 4 is 52.1 Å². The van der Waals surface area contributed by atoms with Crippen LogP contribution in [-0.2, 0) is 0 Å². The molecule has 0 aliphatic carbocycles. The van der Waals surface area contributed by atoms with Crippen LogP contribution in [0, 0.1) is 17.0 Å². The number of carbonyl (C=O) groups excluding carboxylic acids is 1. The summed E-state index contributed by atoms with van der Waals surface area (Å²) < 4.78 is 0. The van der Waals surface area contributed by atoms with Gasteiger partial charge in [-0.1, -0.05) is 35.3 Å². The molecular weight excluding hydrogens is 419 g/mol. The lowest BCUT2D eigenvalue weighted by Gasteiger charge is -2.12. The Bertz CT molecular complexity index is 1090. The number of aryl methyl sites for hydroxylation is 1. The number of halogens is 2. The highest BCUT2D eigenvalue weighted by Crippen LogP contribution is 2.32. The fourth-order valence-corrected chi connectivity index (χ4v) is 2.77. The van der Waals surface area contributed by atoms with Crippen molar-refractivity contribution in [2.75, 3.05) is 10.7 Å². The second-order valence-electron chi connectivity index (χ2n) is 5.85. The first-order valence-corrected chi connectivity index (χ1v) is 8.95. The van der Waals surface area contributed by atoms with Crippen molar-refractivity contribution in [3.63, 3.8) is 0 Å². The minimum Gasteiger partial charge on any atom is -0.334 e. The third-order valence-electron chi connectivity index (χ3n) is 3.84. The molecule has 0 aliphatic rings. The van der Waals surface area contributed by atoms with Gasteiger partial charge in [-0.15, -0.1) is 0 Å². The lowest BCUT2D eigenvalue weighted by molar-refractivity contribution is -0.383. The van der Waals surface area contributed by atoms with Crippen LogP contribution in [0.5, 0.6) is 0 Å². The topological polar surface area (TPSA) is 122 Å². The summed E-state index contributed by atoms with van der Waals surface area (Å²) >= 11 is 11.9. The summed E-state index contributed by atoms with van der Waals surface area (Å²) in [5.41, 5.74) is 6.01. The van der Waals surface area contributed by atoms with Gasteiger partial charge in [0.15, 0.2) is 0 Å². The van der Waals surface area contributed by atoms with E-state index in [-0.39, 0.29) is 17.2 Å². The Morgan fingerprint density at radius 3 is 2.52 bits per heavy atom. The van der Waals surface area contributed by atoms with Crippen LogP contribution >= 0.6 is 23.2 Å². The number of hydrazine groups is 1. The van der Waals surface area contributed by atoms with E-state index in [0.29, 0.717) is 15.7 Å². The Morgan fingerprint density at radius 2 is 1.79 bits per heavy atom. The number of benzene rings is 2. The fourth-order valence-electron chi connectivity index (χ4n) is 2.41. The smallest absolute Gasteiger partial charge is 0.334 e. The Morgan fingerprint density at radius 1 is 1.07 bits per heavy atom. The molecule has 0 saturated heterocycles. The molecule has 0 fully saturated rings. The first-order valence-electron chi connectivity index (χ1n) is 8.19. The van der Waals surface area contributed by atoms with Gasteiger partial charge in [-0.3, -0.25) is 25.8 Å². The van der Waals surface area contributed by atoms with Gasteiger partial charge in [0.1, 0.15) is 6.33 Å². The average Bonchev–Trinajstić information content (AvgIpc) is 2.68. The largest absolute Gasteiger partial charge is 0.355 e. The van der Waals surface area contributed by atoms with Gasteiger partial charge in [0.2, 0.25) is 11.6 Å². The van der Waals surface area contributed by atoms with Gasteiger partial charge in [0.25, 0.3) is 5.91 Å². The highest BCUT2D eigenvalue weighted by molar-refractivity contribution is 6.31. The monoisotopic (exact) mass is 432 g/mol. The number of carbonyl (C=O) groups is 1. The van der Waals surface area contributed by atoms with Crippen molar-refractivity contribution in [3.05, 3.63) is 80.1 Å². The van der Waals surface area contributed by atoms with E-state index in [0.717, 1.165) is 11.9 Å². The number of nitrogens with one attached hydrogen (secondary N) is 3. The Balaban J connectivity index is 1.86. The second kappa shape index (κ2) is 8.72. The van der Waals surface area contributed by atoms with Crippen molar-refractivity contribution < 1.29 is 9.72 Å². The van der Waals surface area contributed by atoms with E-state index >= 15 is 0 Å². The highest BCUT2D eigenvalue weighted by Gasteiger charge is 2.24. The van der Waals surface area contributed by atoms with Gasteiger partial charge in [-0.05, 0) is 42.8 Å². The van der Waals surface area contributed by atoms with Gasteiger partial charge in [0, 0.05) is 21.3 Å². The van der Waals surface area contributed by atoms with E-state index < -0.39 is 16.5 Å². The third-order valence-corrected chi connectivity index (χ3v) is 4.31. The highest BCUT2D eigenvalue weighted by atomic mass is 35.5. The van der Waals surface area contributed by atoms with Crippen LogP contribution in [0.4, 0.5) is 23.0 Å². The van der Waals surface area contributed by atoms with Crippen molar-refractivity contribution in [2.24, 2.45) is 0 Å². The minimum atomic E-state index is -0.657. The van der Waals surface area contributed by atoms with Crippen LogP contribution < -0.4 is 16.2 Å². The van der Waals surface area contributed by atoms with Crippen molar-refractivity contribution in [2.45, 2.75) is 6.92 Å². The third kappa shape index (κ3) is 4.89. The molecule has 0 unspecified atom stereocenters. The lowest BCUT2D eigenvalue weighted by Crippen LogP contribution is -2.30. The summed E-state index contributed by atoms with van der Waals surface area (Å²) in [4.78, 5) is 31.0. The van der Waals surface area contributed by atoms with Gasteiger partial charge < -0.3 is 5.32 Å². The zero-order valence-electron chi connectivity index (χ0n) is 14.9. The van der Waals surface area contributed by atoms with E-state index in [1.807, 2.05) is 6.92 Å². The number of nitrogens with zero attached hydrogens (tertiary/aromatic N) is 3. The zero-order chi connectivity index (χ0) is 21.0. The first-order chi connectivity index (χ1) is 13.8. The van der Waals surface area contributed by atoms with Crippen molar-refractivity contribution in [1.29, 1.82) is 0 Å². The Hall–Kier alpha value is -3.43. The van der Waals surface area contributed by atoms with Crippen molar-refractivity contribution in [3.8, 4) is 0 Å². The number of nitro groups is 1. The molecule has 0 atom stereocenters. The summed E-state index contributed by atoms with van der Waals surface area (Å²) in [5.74, 6) is -0.793. The number of hydrogen-bond donors (Lipinski definition) is 3. The molecule has 0 spiro atoms. The predicted molar refractivity (Wildman–Crippen MR) is 111 cm³/mol. The fraction of sp³-hybridized carbons (Fsp3) is 0.0556. The molecule has 3 N–H and O–H groups in total. The van der Waals surface area contributed by atoms with Crippen LogP contribution in [0.1, 0.15) is 15.9 Å².